The Morgan fingerprint density at radius 2 is 1.75 bits per heavy atom. The molecule has 3 heteroatoms. The first kappa shape index (κ1) is 17.0. The third-order valence-electron chi connectivity index (χ3n) is 1.77. The minimum absolute atomic E-state index is 0.297. The molecule has 1 amide bonds. The number of carbonyl (C=O) groups excluding carboxylic acids is 1. The second-order valence-electron chi connectivity index (χ2n) is 2.81. The van der Waals surface area contributed by atoms with E-state index in [9.17, 15) is 9.18 Å². The van der Waals surface area contributed by atoms with Gasteiger partial charge in [-0.1, -0.05) is 44.6 Å². The third kappa shape index (κ3) is 9.19. The van der Waals surface area contributed by atoms with Crippen molar-refractivity contribution in [3.8, 4) is 0 Å². The number of alkyl halides is 1. The van der Waals surface area contributed by atoms with Crippen molar-refractivity contribution in [2.75, 3.05) is 6.67 Å². The van der Waals surface area contributed by atoms with Crippen molar-refractivity contribution in [1.29, 1.82) is 0 Å². The smallest absolute Gasteiger partial charge is 0.241 e. The first-order chi connectivity index (χ1) is 7.63. The molecule has 0 saturated heterocycles. The number of rotatable bonds is 5. The molecule has 0 radical (unpaired) electrons. The van der Waals surface area contributed by atoms with Gasteiger partial charge in [0.1, 0.15) is 6.67 Å². The van der Waals surface area contributed by atoms with Crippen LogP contribution in [-0.2, 0) is 4.79 Å². The van der Waals surface area contributed by atoms with Gasteiger partial charge in [-0.25, -0.2) is 4.39 Å². The molecule has 0 aromatic heterocycles. The number of hydrogen-bond donors (Lipinski definition) is 1. The Morgan fingerprint density at radius 3 is 2.06 bits per heavy atom. The summed E-state index contributed by atoms with van der Waals surface area (Å²) in [5.74, 6) is -0.624. The zero-order valence-electron chi connectivity index (χ0n) is 10.6. The lowest BCUT2D eigenvalue weighted by molar-refractivity contribution is -0.113. The zero-order valence-corrected chi connectivity index (χ0v) is 10.6. The van der Waals surface area contributed by atoms with E-state index >= 15 is 0 Å². The molecular formula is C13H22FNO. The molecule has 0 unspecified atom stereocenters. The Labute approximate surface area is 97.7 Å². The Balaban J connectivity index is 0. The first-order valence-corrected chi connectivity index (χ1v) is 5.53. The summed E-state index contributed by atoms with van der Waals surface area (Å²) in [6.45, 7) is 7.24. The van der Waals surface area contributed by atoms with Crippen LogP contribution in [0.1, 0.15) is 34.1 Å². The molecule has 0 saturated carbocycles. The van der Waals surface area contributed by atoms with Gasteiger partial charge in [-0.05, 0) is 18.9 Å². The molecule has 0 atom stereocenters. The number of amides is 1. The van der Waals surface area contributed by atoms with E-state index in [-0.39, 0.29) is 0 Å². The van der Waals surface area contributed by atoms with Gasteiger partial charge in [-0.2, -0.15) is 0 Å². The fraction of sp³-hybridized carbons (Fsp3) is 0.462. The summed E-state index contributed by atoms with van der Waals surface area (Å²) < 4.78 is 12.3. The van der Waals surface area contributed by atoms with Gasteiger partial charge in [0.25, 0.3) is 0 Å². The molecule has 0 rings (SSSR count). The molecule has 0 aliphatic heterocycles. The SMILES string of the molecule is CC.C\C=C(/C=C\C(=C\C(N)=O)CF)CC. The van der Waals surface area contributed by atoms with E-state index in [2.05, 4.69) is 0 Å². The highest BCUT2D eigenvalue weighted by atomic mass is 19.1. The molecule has 16 heavy (non-hydrogen) atoms. The lowest BCUT2D eigenvalue weighted by Crippen LogP contribution is -2.07. The number of primary amides is 1. The van der Waals surface area contributed by atoms with E-state index in [1.807, 2.05) is 33.8 Å². The Bertz CT molecular complexity index is 278. The predicted octanol–water partition coefficient (Wildman–Crippen LogP) is 3.31. The van der Waals surface area contributed by atoms with Gasteiger partial charge < -0.3 is 5.73 Å². The van der Waals surface area contributed by atoms with Gasteiger partial charge >= 0.3 is 0 Å². The molecule has 0 aromatic carbocycles. The molecule has 0 fully saturated rings. The fourth-order valence-electron chi connectivity index (χ4n) is 0.946. The number of nitrogens with two attached hydrogens (primary N) is 1. The van der Waals surface area contributed by atoms with Crippen LogP contribution in [0.2, 0.25) is 0 Å². The van der Waals surface area contributed by atoms with Gasteiger partial charge in [0.15, 0.2) is 0 Å². The van der Waals surface area contributed by atoms with E-state index in [0.29, 0.717) is 5.57 Å². The van der Waals surface area contributed by atoms with Gasteiger partial charge in [0.05, 0.1) is 0 Å². The summed E-state index contributed by atoms with van der Waals surface area (Å²) in [7, 11) is 0. The fourth-order valence-corrected chi connectivity index (χ4v) is 0.946. The summed E-state index contributed by atoms with van der Waals surface area (Å²) in [4.78, 5) is 10.5. The normalized spacial score (nSPS) is 12.3. The minimum Gasteiger partial charge on any atom is -0.366 e. The summed E-state index contributed by atoms with van der Waals surface area (Å²) in [5.41, 5.74) is 6.30. The lowest BCUT2D eigenvalue weighted by atomic mass is 10.1. The highest BCUT2D eigenvalue weighted by Gasteiger charge is 1.94. The molecular weight excluding hydrogens is 205 g/mol. The highest BCUT2D eigenvalue weighted by molar-refractivity contribution is 5.87. The number of halogens is 1. The van der Waals surface area contributed by atoms with Crippen molar-refractivity contribution >= 4 is 5.91 Å². The van der Waals surface area contributed by atoms with E-state index < -0.39 is 12.6 Å². The van der Waals surface area contributed by atoms with Crippen molar-refractivity contribution < 1.29 is 9.18 Å². The summed E-state index contributed by atoms with van der Waals surface area (Å²) in [5, 5.41) is 0. The van der Waals surface area contributed by atoms with E-state index in [0.717, 1.165) is 18.1 Å². The molecule has 0 aromatic rings. The predicted molar refractivity (Wildman–Crippen MR) is 67.8 cm³/mol. The maximum absolute atomic E-state index is 12.3. The average molecular weight is 227 g/mol. The summed E-state index contributed by atoms with van der Waals surface area (Å²) in [6.07, 6.45) is 7.27. The van der Waals surface area contributed by atoms with Crippen molar-refractivity contribution in [2.24, 2.45) is 5.73 Å². The molecule has 2 nitrogen and oxygen atoms in total. The summed E-state index contributed by atoms with van der Waals surface area (Å²) >= 11 is 0. The minimum atomic E-state index is -0.680. The van der Waals surface area contributed by atoms with Gasteiger partial charge in [0.2, 0.25) is 5.91 Å². The molecule has 0 aliphatic carbocycles. The Morgan fingerprint density at radius 1 is 1.25 bits per heavy atom. The number of allylic oxidation sites excluding steroid dienone is 5. The number of hydrogen-bond acceptors (Lipinski definition) is 1. The van der Waals surface area contributed by atoms with Crippen LogP contribution in [0, 0.1) is 0 Å². The van der Waals surface area contributed by atoms with Crippen LogP contribution < -0.4 is 5.73 Å². The topological polar surface area (TPSA) is 43.1 Å². The van der Waals surface area contributed by atoms with Gasteiger partial charge in [0, 0.05) is 6.08 Å². The monoisotopic (exact) mass is 227 g/mol. The molecule has 0 bridgehead atoms. The van der Waals surface area contributed by atoms with Crippen LogP contribution in [-0.4, -0.2) is 12.6 Å². The molecule has 0 heterocycles. The molecule has 0 aliphatic rings. The van der Waals surface area contributed by atoms with Crippen molar-refractivity contribution in [1.82, 2.24) is 0 Å². The first-order valence-electron chi connectivity index (χ1n) is 5.53. The largest absolute Gasteiger partial charge is 0.366 e. The Hall–Kier alpha value is -1.38. The Kier molecular flexibility index (Phi) is 12.4. The van der Waals surface area contributed by atoms with E-state index in [1.54, 1.807) is 12.2 Å². The molecule has 92 valence electrons. The van der Waals surface area contributed by atoms with Crippen molar-refractivity contribution in [3.05, 3.63) is 35.5 Å². The van der Waals surface area contributed by atoms with Crippen LogP contribution in [0.15, 0.2) is 35.5 Å². The van der Waals surface area contributed by atoms with E-state index in [1.165, 1.54) is 0 Å². The quantitative estimate of drug-likeness (QED) is 0.568. The zero-order chi connectivity index (χ0) is 13.0. The third-order valence-corrected chi connectivity index (χ3v) is 1.77. The lowest BCUT2D eigenvalue weighted by Gasteiger charge is -1.96. The van der Waals surface area contributed by atoms with Crippen LogP contribution in [0.5, 0.6) is 0 Å². The highest BCUT2D eigenvalue weighted by Crippen LogP contribution is 2.05. The van der Waals surface area contributed by atoms with Gasteiger partial charge in [-0.3, -0.25) is 4.79 Å². The van der Waals surface area contributed by atoms with Crippen molar-refractivity contribution in [2.45, 2.75) is 34.1 Å². The second kappa shape index (κ2) is 11.7. The maximum Gasteiger partial charge on any atom is 0.241 e. The molecule has 0 spiro atoms. The van der Waals surface area contributed by atoms with Crippen LogP contribution in [0.4, 0.5) is 4.39 Å². The molecule has 2 N–H and O–H groups in total. The van der Waals surface area contributed by atoms with Crippen molar-refractivity contribution in [3.63, 3.8) is 0 Å². The van der Waals surface area contributed by atoms with E-state index in [4.69, 9.17) is 5.73 Å². The standard InChI is InChI=1S/C11H16FNO.C2H6/c1-3-9(4-2)5-6-10(8-12)7-11(13)14;1-2/h3,5-7H,4,8H2,1-2H3,(H2,13,14);1-2H3/b6-5-,9-3-,10-7-;. The van der Waals surface area contributed by atoms with Gasteiger partial charge in [-0.15, -0.1) is 0 Å². The summed E-state index contributed by atoms with van der Waals surface area (Å²) in [6, 6.07) is 0. The number of carbonyl (C=O) groups is 1. The van der Waals surface area contributed by atoms with Crippen LogP contribution >= 0.6 is 0 Å². The maximum atomic E-state index is 12.3. The van der Waals surface area contributed by atoms with Crippen LogP contribution in [0.3, 0.4) is 0 Å². The van der Waals surface area contributed by atoms with Crippen LogP contribution in [0.25, 0.3) is 0 Å². The average Bonchev–Trinajstić information content (AvgIpc) is 2.31. The second-order valence-corrected chi connectivity index (χ2v) is 2.81.